The average molecular weight is 222 g/mol. The summed E-state index contributed by atoms with van der Waals surface area (Å²) in [6.07, 6.45) is 10.3. The highest BCUT2D eigenvalue weighted by atomic mass is 14.4. The Morgan fingerprint density at radius 1 is 1.19 bits per heavy atom. The number of rotatable bonds is 6. The van der Waals surface area contributed by atoms with Crippen molar-refractivity contribution in [3.63, 3.8) is 0 Å². The first-order chi connectivity index (χ1) is 7.27. The van der Waals surface area contributed by atoms with E-state index in [0.29, 0.717) is 10.8 Å². The van der Waals surface area contributed by atoms with Crippen LogP contribution >= 0.6 is 0 Å². The molecule has 1 saturated carbocycles. The lowest BCUT2D eigenvalue weighted by Crippen LogP contribution is -2.27. The minimum atomic E-state index is 0.357. The van der Waals surface area contributed by atoms with Crippen molar-refractivity contribution in [3.05, 3.63) is 12.2 Å². The van der Waals surface area contributed by atoms with Crippen molar-refractivity contribution in [1.29, 1.82) is 0 Å². The summed E-state index contributed by atoms with van der Waals surface area (Å²) in [6.45, 7) is 14.3. The van der Waals surface area contributed by atoms with Gasteiger partial charge in [-0.15, -0.1) is 0 Å². The van der Waals surface area contributed by atoms with Gasteiger partial charge in [0.2, 0.25) is 0 Å². The Hall–Kier alpha value is -0.260. The second kappa shape index (κ2) is 4.94. The Morgan fingerprint density at radius 2 is 1.75 bits per heavy atom. The first-order valence-electron chi connectivity index (χ1n) is 6.96. The Kier molecular flexibility index (Phi) is 4.26. The zero-order valence-corrected chi connectivity index (χ0v) is 12.1. The van der Waals surface area contributed by atoms with Gasteiger partial charge >= 0.3 is 0 Å². The summed E-state index contributed by atoms with van der Waals surface area (Å²) < 4.78 is 0. The Bertz CT molecular complexity index is 241. The summed E-state index contributed by atoms with van der Waals surface area (Å²) in [5, 5.41) is 0. The van der Waals surface area contributed by atoms with Gasteiger partial charge in [-0.25, -0.2) is 0 Å². The first-order valence-corrected chi connectivity index (χ1v) is 6.96. The predicted octanol–water partition coefficient (Wildman–Crippen LogP) is 5.44. The zero-order chi connectivity index (χ0) is 12.4. The van der Waals surface area contributed by atoms with E-state index < -0.39 is 0 Å². The fourth-order valence-electron chi connectivity index (χ4n) is 2.65. The molecule has 1 atom stereocenters. The number of hydrogen-bond acceptors (Lipinski definition) is 0. The van der Waals surface area contributed by atoms with Gasteiger partial charge in [0.1, 0.15) is 0 Å². The van der Waals surface area contributed by atoms with Crippen LogP contribution in [0.1, 0.15) is 67.2 Å². The van der Waals surface area contributed by atoms with Crippen molar-refractivity contribution in [2.24, 2.45) is 22.7 Å². The molecule has 0 saturated heterocycles. The van der Waals surface area contributed by atoms with Crippen molar-refractivity contribution >= 4 is 0 Å². The molecule has 0 spiro atoms. The van der Waals surface area contributed by atoms with Crippen molar-refractivity contribution in [1.82, 2.24) is 0 Å². The van der Waals surface area contributed by atoms with Gasteiger partial charge in [-0.1, -0.05) is 60.1 Å². The second-order valence-electron chi connectivity index (χ2n) is 7.16. The van der Waals surface area contributed by atoms with Crippen LogP contribution in [0.15, 0.2) is 12.2 Å². The highest BCUT2D eigenvalue weighted by Gasteiger charge is 2.31. The van der Waals surface area contributed by atoms with Gasteiger partial charge in [-0.05, 0) is 41.9 Å². The van der Waals surface area contributed by atoms with Crippen molar-refractivity contribution in [2.75, 3.05) is 0 Å². The molecular formula is C16H30. The molecule has 1 fully saturated rings. The van der Waals surface area contributed by atoms with Gasteiger partial charge in [0.05, 0.1) is 0 Å². The molecular weight excluding hydrogens is 192 g/mol. The molecule has 0 radical (unpaired) electrons. The van der Waals surface area contributed by atoms with Gasteiger partial charge in [-0.2, -0.15) is 0 Å². The van der Waals surface area contributed by atoms with E-state index in [1.807, 2.05) is 0 Å². The average Bonchev–Trinajstić information content (AvgIpc) is 2.95. The highest BCUT2D eigenvalue weighted by Crippen LogP contribution is 2.42. The van der Waals surface area contributed by atoms with Crippen LogP contribution in [0.5, 0.6) is 0 Å². The molecule has 0 heterocycles. The molecule has 0 aliphatic heterocycles. The van der Waals surface area contributed by atoms with Gasteiger partial charge in [0, 0.05) is 0 Å². The molecule has 0 aromatic rings. The predicted molar refractivity (Wildman–Crippen MR) is 73.5 cm³/mol. The molecule has 1 rings (SSSR count). The van der Waals surface area contributed by atoms with E-state index in [9.17, 15) is 0 Å². The van der Waals surface area contributed by atoms with Gasteiger partial charge < -0.3 is 0 Å². The maximum Gasteiger partial charge on any atom is -0.0170 e. The lowest BCUT2D eigenvalue weighted by atomic mass is 9.68. The van der Waals surface area contributed by atoms with Crippen molar-refractivity contribution < 1.29 is 0 Å². The van der Waals surface area contributed by atoms with Crippen LogP contribution in [0.3, 0.4) is 0 Å². The third kappa shape index (κ3) is 4.31. The highest BCUT2D eigenvalue weighted by molar-refractivity contribution is 5.03. The Balaban J connectivity index is 2.55. The van der Waals surface area contributed by atoms with Gasteiger partial charge in [-0.3, -0.25) is 0 Å². The molecule has 1 unspecified atom stereocenters. The lowest BCUT2D eigenvalue weighted by Gasteiger charge is -2.37. The van der Waals surface area contributed by atoms with E-state index in [1.165, 1.54) is 25.7 Å². The van der Waals surface area contributed by atoms with Crippen LogP contribution in [-0.4, -0.2) is 0 Å². The van der Waals surface area contributed by atoms with Crippen LogP contribution in [-0.2, 0) is 0 Å². The lowest BCUT2D eigenvalue weighted by molar-refractivity contribution is 0.152. The van der Waals surface area contributed by atoms with Crippen LogP contribution in [0.4, 0.5) is 0 Å². The third-order valence-electron chi connectivity index (χ3n) is 4.30. The van der Waals surface area contributed by atoms with Crippen LogP contribution in [0.2, 0.25) is 0 Å². The van der Waals surface area contributed by atoms with E-state index in [4.69, 9.17) is 0 Å². The molecule has 0 aromatic carbocycles. The Labute approximate surface area is 103 Å². The summed E-state index contributed by atoms with van der Waals surface area (Å²) in [7, 11) is 0. The zero-order valence-electron chi connectivity index (χ0n) is 12.1. The summed E-state index contributed by atoms with van der Waals surface area (Å²) in [6, 6.07) is 0. The molecule has 0 amide bonds. The van der Waals surface area contributed by atoms with Gasteiger partial charge in [0.25, 0.3) is 0 Å². The largest absolute Gasteiger partial charge is 0.0849 e. The first kappa shape index (κ1) is 13.8. The summed E-state index contributed by atoms with van der Waals surface area (Å²) in [5.74, 6) is 1.71. The number of allylic oxidation sites excluding steroid dienone is 2. The van der Waals surface area contributed by atoms with Crippen molar-refractivity contribution in [3.8, 4) is 0 Å². The monoisotopic (exact) mass is 222 g/mol. The molecule has 0 aromatic heterocycles. The van der Waals surface area contributed by atoms with Crippen molar-refractivity contribution in [2.45, 2.75) is 67.2 Å². The molecule has 1 aliphatic carbocycles. The van der Waals surface area contributed by atoms with E-state index in [2.05, 4.69) is 53.7 Å². The second-order valence-corrected chi connectivity index (χ2v) is 7.16. The minimum absolute atomic E-state index is 0.357. The van der Waals surface area contributed by atoms with E-state index in [-0.39, 0.29) is 0 Å². The van der Waals surface area contributed by atoms with E-state index in [1.54, 1.807) is 0 Å². The maximum atomic E-state index is 2.47. The summed E-state index contributed by atoms with van der Waals surface area (Å²) in [5.41, 5.74) is 0.807. The molecule has 1 aliphatic rings. The molecule has 0 heteroatoms. The van der Waals surface area contributed by atoms with Crippen LogP contribution in [0, 0.1) is 22.7 Å². The normalized spacial score (nSPS) is 20.4. The minimum Gasteiger partial charge on any atom is -0.0849 e. The smallest absolute Gasteiger partial charge is 0.0170 e. The van der Waals surface area contributed by atoms with Gasteiger partial charge in [0.15, 0.2) is 0 Å². The summed E-state index contributed by atoms with van der Waals surface area (Å²) >= 11 is 0. The maximum absolute atomic E-state index is 2.47. The SMILES string of the molecule is CCC(C)C(C)(C)CC(C)(C)C=CC1CC1. The standard InChI is InChI=1S/C16H30/c1-7-13(2)16(5,6)12-15(3,4)11-10-14-8-9-14/h10-11,13-14H,7-9,12H2,1-6H3. The molecule has 16 heavy (non-hydrogen) atoms. The molecule has 0 bridgehead atoms. The molecule has 94 valence electrons. The quantitative estimate of drug-likeness (QED) is 0.525. The fraction of sp³-hybridized carbons (Fsp3) is 0.875. The topological polar surface area (TPSA) is 0 Å². The fourth-order valence-corrected chi connectivity index (χ4v) is 2.65. The van der Waals surface area contributed by atoms with E-state index >= 15 is 0 Å². The van der Waals surface area contributed by atoms with E-state index in [0.717, 1.165) is 11.8 Å². The molecule has 0 N–H and O–H groups in total. The van der Waals surface area contributed by atoms with Crippen LogP contribution < -0.4 is 0 Å². The number of hydrogen-bond donors (Lipinski definition) is 0. The third-order valence-corrected chi connectivity index (χ3v) is 4.30. The Morgan fingerprint density at radius 3 is 2.19 bits per heavy atom. The summed E-state index contributed by atoms with van der Waals surface area (Å²) in [4.78, 5) is 0. The molecule has 0 nitrogen and oxygen atoms in total. The van der Waals surface area contributed by atoms with Crippen LogP contribution in [0.25, 0.3) is 0 Å².